The first-order valence-corrected chi connectivity index (χ1v) is 11.4. The highest BCUT2D eigenvalue weighted by Gasteiger charge is 2.13. The minimum Gasteiger partial charge on any atom is -0.357 e. The van der Waals surface area contributed by atoms with E-state index in [1.54, 1.807) is 0 Å². The summed E-state index contributed by atoms with van der Waals surface area (Å²) in [5.41, 5.74) is 1.11. The number of anilines is 1. The lowest BCUT2D eigenvalue weighted by Crippen LogP contribution is -2.42. The Hall–Kier alpha value is -1.10. The van der Waals surface area contributed by atoms with E-state index in [1.807, 2.05) is 26.1 Å². The average Bonchev–Trinajstić information content (AvgIpc) is 3.12. The molecule has 0 spiro atoms. The van der Waals surface area contributed by atoms with E-state index in [4.69, 9.17) is 0 Å². The van der Waals surface area contributed by atoms with Crippen molar-refractivity contribution in [1.29, 1.82) is 0 Å². The number of pyridine rings is 1. The summed E-state index contributed by atoms with van der Waals surface area (Å²) < 4.78 is 22.6. The smallest absolute Gasteiger partial charge is 0.191 e. The van der Waals surface area contributed by atoms with Crippen LogP contribution in [0.2, 0.25) is 0 Å². The van der Waals surface area contributed by atoms with E-state index in [0.717, 1.165) is 31.0 Å². The van der Waals surface area contributed by atoms with E-state index in [9.17, 15) is 8.42 Å². The van der Waals surface area contributed by atoms with Gasteiger partial charge in [0.1, 0.15) is 15.7 Å². The number of hydrogen-bond acceptors (Lipinski definition) is 5. The maximum Gasteiger partial charge on any atom is 0.191 e. The summed E-state index contributed by atoms with van der Waals surface area (Å²) in [6.45, 7) is 7.42. The van der Waals surface area contributed by atoms with Crippen molar-refractivity contribution in [3.8, 4) is 0 Å². The topological polar surface area (TPSA) is 86.7 Å². The monoisotopic (exact) mass is 509 g/mol. The zero-order chi connectivity index (χ0) is 19.0. The van der Waals surface area contributed by atoms with E-state index in [1.165, 1.54) is 19.1 Å². The van der Waals surface area contributed by atoms with E-state index >= 15 is 0 Å². The zero-order valence-electron chi connectivity index (χ0n) is 16.4. The van der Waals surface area contributed by atoms with Crippen molar-refractivity contribution in [3.05, 3.63) is 23.9 Å². The molecule has 27 heavy (non-hydrogen) atoms. The first-order chi connectivity index (χ1) is 12.4. The molecule has 9 heteroatoms. The fraction of sp³-hybridized carbons (Fsp3) is 0.667. The number of guanidine groups is 1. The molecular formula is C18H32IN5O2S. The summed E-state index contributed by atoms with van der Waals surface area (Å²) in [5, 5.41) is 6.49. The van der Waals surface area contributed by atoms with Gasteiger partial charge in [-0.15, -0.1) is 24.0 Å². The molecule has 1 atom stereocenters. The predicted octanol–water partition coefficient (Wildman–Crippen LogP) is 2.18. The van der Waals surface area contributed by atoms with E-state index in [0.29, 0.717) is 18.9 Å². The van der Waals surface area contributed by atoms with Gasteiger partial charge in [0.25, 0.3) is 0 Å². The molecule has 0 aromatic carbocycles. The molecule has 1 aromatic rings. The fourth-order valence-electron chi connectivity index (χ4n) is 2.86. The highest BCUT2D eigenvalue weighted by Crippen LogP contribution is 2.18. The molecule has 154 valence electrons. The fourth-order valence-corrected chi connectivity index (χ4v) is 3.65. The van der Waals surface area contributed by atoms with Gasteiger partial charge in [0.15, 0.2) is 5.96 Å². The standard InChI is InChI=1S/C18H31N5O2S.HI/c1-4-19-18(22-15(2)8-12-26(3,24)25)21-14-16-7-9-20-17(13-16)23-10-5-6-11-23;/h7,9,13,15H,4-6,8,10-12,14H2,1-3H3,(H2,19,21,22);1H. The maximum atomic E-state index is 11.3. The largest absolute Gasteiger partial charge is 0.357 e. The van der Waals surface area contributed by atoms with Gasteiger partial charge >= 0.3 is 0 Å². The Labute approximate surface area is 180 Å². The normalized spacial score (nSPS) is 16.0. The van der Waals surface area contributed by atoms with Crippen molar-refractivity contribution in [2.45, 2.75) is 45.7 Å². The lowest BCUT2D eigenvalue weighted by Gasteiger charge is -2.18. The van der Waals surface area contributed by atoms with Gasteiger partial charge in [-0.05, 0) is 50.8 Å². The third-order valence-electron chi connectivity index (χ3n) is 4.31. The summed E-state index contributed by atoms with van der Waals surface area (Å²) in [4.78, 5) is 11.4. The second-order valence-electron chi connectivity index (χ2n) is 6.88. The molecule has 1 fully saturated rings. The number of nitrogens with one attached hydrogen (secondary N) is 2. The maximum absolute atomic E-state index is 11.3. The molecule has 1 saturated heterocycles. The lowest BCUT2D eigenvalue weighted by atomic mass is 10.2. The Balaban J connectivity index is 0.00000364. The van der Waals surface area contributed by atoms with E-state index in [2.05, 4.69) is 31.6 Å². The number of hydrogen-bond donors (Lipinski definition) is 2. The minimum atomic E-state index is -2.95. The van der Waals surface area contributed by atoms with Crippen molar-refractivity contribution in [3.63, 3.8) is 0 Å². The molecule has 0 bridgehead atoms. The predicted molar refractivity (Wildman–Crippen MR) is 123 cm³/mol. The van der Waals surface area contributed by atoms with Crippen LogP contribution in [0.25, 0.3) is 0 Å². The molecule has 7 nitrogen and oxygen atoms in total. The van der Waals surface area contributed by atoms with Crippen molar-refractivity contribution in [2.24, 2.45) is 4.99 Å². The Morgan fingerprint density at radius 2 is 2.07 bits per heavy atom. The molecule has 1 aliphatic rings. The highest BCUT2D eigenvalue weighted by atomic mass is 127. The molecule has 2 rings (SSSR count). The van der Waals surface area contributed by atoms with Gasteiger partial charge in [-0.3, -0.25) is 0 Å². The lowest BCUT2D eigenvalue weighted by molar-refractivity contribution is 0.581. The molecule has 0 radical (unpaired) electrons. The molecule has 0 saturated carbocycles. The first-order valence-electron chi connectivity index (χ1n) is 9.30. The van der Waals surface area contributed by atoms with E-state index < -0.39 is 9.84 Å². The molecule has 0 amide bonds. The van der Waals surface area contributed by atoms with Crippen LogP contribution in [0.1, 0.15) is 38.7 Å². The summed E-state index contributed by atoms with van der Waals surface area (Å²) in [7, 11) is -2.95. The van der Waals surface area contributed by atoms with Crippen LogP contribution in [0.15, 0.2) is 23.3 Å². The van der Waals surface area contributed by atoms with Gasteiger partial charge in [-0.2, -0.15) is 0 Å². The quantitative estimate of drug-likeness (QED) is 0.318. The number of aromatic nitrogens is 1. The van der Waals surface area contributed by atoms with Gasteiger partial charge < -0.3 is 15.5 Å². The first kappa shape index (κ1) is 23.9. The summed E-state index contributed by atoms with van der Waals surface area (Å²) in [6, 6.07) is 4.12. The van der Waals surface area contributed by atoms with Crippen LogP contribution in [0.4, 0.5) is 5.82 Å². The Morgan fingerprint density at radius 1 is 1.37 bits per heavy atom. The average molecular weight is 509 g/mol. The van der Waals surface area contributed by atoms with Crippen molar-refractivity contribution < 1.29 is 8.42 Å². The number of halogens is 1. The highest BCUT2D eigenvalue weighted by molar-refractivity contribution is 14.0. The second kappa shape index (κ2) is 11.7. The SMILES string of the molecule is CCNC(=NCc1ccnc(N2CCCC2)c1)NC(C)CCS(C)(=O)=O.I. The second-order valence-corrected chi connectivity index (χ2v) is 9.14. The molecule has 0 aliphatic carbocycles. The van der Waals surface area contributed by atoms with Crippen molar-refractivity contribution in [1.82, 2.24) is 15.6 Å². The Morgan fingerprint density at radius 3 is 2.70 bits per heavy atom. The van der Waals surface area contributed by atoms with Gasteiger partial charge in [-0.25, -0.2) is 18.4 Å². The van der Waals surface area contributed by atoms with Crippen LogP contribution in [0.5, 0.6) is 0 Å². The van der Waals surface area contributed by atoms with Crippen LogP contribution in [-0.2, 0) is 16.4 Å². The summed E-state index contributed by atoms with van der Waals surface area (Å²) >= 11 is 0. The number of aliphatic imine (C=N–C) groups is 1. The van der Waals surface area contributed by atoms with Crippen LogP contribution < -0.4 is 15.5 Å². The molecule has 1 aromatic heterocycles. The Bertz CT molecular complexity index is 705. The molecular weight excluding hydrogens is 477 g/mol. The molecule has 2 N–H and O–H groups in total. The van der Waals surface area contributed by atoms with Crippen LogP contribution in [0.3, 0.4) is 0 Å². The molecule has 1 aliphatic heterocycles. The summed E-state index contributed by atoms with van der Waals surface area (Å²) in [6.07, 6.45) is 6.11. The summed E-state index contributed by atoms with van der Waals surface area (Å²) in [5.74, 6) is 1.90. The minimum absolute atomic E-state index is 0. The molecule has 2 heterocycles. The molecule has 1 unspecified atom stereocenters. The third kappa shape index (κ3) is 9.09. The van der Waals surface area contributed by atoms with E-state index in [-0.39, 0.29) is 35.8 Å². The van der Waals surface area contributed by atoms with Gasteiger partial charge in [0, 0.05) is 38.1 Å². The van der Waals surface area contributed by atoms with Crippen LogP contribution in [-0.4, -0.2) is 57.0 Å². The number of sulfone groups is 1. The van der Waals surface area contributed by atoms with Gasteiger partial charge in [0.05, 0.1) is 12.3 Å². The van der Waals surface area contributed by atoms with Gasteiger partial charge in [0.2, 0.25) is 0 Å². The van der Waals surface area contributed by atoms with Crippen LogP contribution in [0, 0.1) is 0 Å². The number of nitrogens with zero attached hydrogens (tertiary/aromatic N) is 3. The third-order valence-corrected chi connectivity index (χ3v) is 5.29. The van der Waals surface area contributed by atoms with Crippen molar-refractivity contribution >= 4 is 45.6 Å². The van der Waals surface area contributed by atoms with Gasteiger partial charge in [-0.1, -0.05) is 0 Å². The Kier molecular flexibility index (Phi) is 10.4. The van der Waals surface area contributed by atoms with Crippen molar-refractivity contribution in [2.75, 3.05) is 36.5 Å². The zero-order valence-corrected chi connectivity index (χ0v) is 19.6. The number of rotatable bonds is 8. The van der Waals surface area contributed by atoms with Crippen LogP contribution >= 0.6 is 24.0 Å².